The van der Waals surface area contributed by atoms with Gasteiger partial charge in [-0.25, -0.2) is 0 Å². The Kier molecular flexibility index (Phi) is 6.22. The smallest absolute Gasteiger partial charge is 0.0502 e. The molecule has 0 radical (unpaired) electrons. The van der Waals surface area contributed by atoms with Crippen LogP contribution in [-0.2, 0) is 4.74 Å². The van der Waals surface area contributed by atoms with Gasteiger partial charge in [0.25, 0.3) is 0 Å². The van der Waals surface area contributed by atoms with E-state index in [9.17, 15) is 0 Å². The molecule has 1 saturated heterocycles. The molecule has 3 heteroatoms. The summed E-state index contributed by atoms with van der Waals surface area (Å²) in [5.41, 5.74) is 5.74. The van der Waals surface area contributed by atoms with E-state index in [1.54, 1.807) is 7.11 Å². The predicted octanol–water partition coefficient (Wildman–Crippen LogP) is 1.33. The van der Waals surface area contributed by atoms with Crippen molar-refractivity contribution in [2.45, 2.75) is 26.2 Å². The highest BCUT2D eigenvalue weighted by Crippen LogP contribution is 2.18. The molecule has 15 heavy (non-hydrogen) atoms. The van der Waals surface area contributed by atoms with Crippen molar-refractivity contribution < 1.29 is 4.74 Å². The van der Waals surface area contributed by atoms with E-state index in [4.69, 9.17) is 10.5 Å². The maximum atomic E-state index is 5.74. The number of ether oxygens (including phenoxy) is 1. The van der Waals surface area contributed by atoms with Crippen LogP contribution in [0.3, 0.4) is 0 Å². The lowest BCUT2D eigenvalue weighted by atomic mass is 9.97. The standard InChI is InChI=1S/C12H26N2O/c1-3-11(7-13)8-14-6-4-5-12(9-14)10-15-2/h11-12H,3-10,13H2,1-2H3. The van der Waals surface area contributed by atoms with Crippen LogP contribution in [0.15, 0.2) is 0 Å². The molecule has 0 aliphatic carbocycles. The first-order valence-corrected chi connectivity index (χ1v) is 6.21. The molecule has 0 amide bonds. The summed E-state index contributed by atoms with van der Waals surface area (Å²) < 4.78 is 5.24. The molecule has 1 fully saturated rings. The average Bonchev–Trinajstić information content (AvgIpc) is 2.27. The summed E-state index contributed by atoms with van der Waals surface area (Å²) in [7, 11) is 1.80. The van der Waals surface area contributed by atoms with Gasteiger partial charge in [0.1, 0.15) is 0 Å². The van der Waals surface area contributed by atoms with Crippen LogP contribution in [0.1, 0.15) is 26.2 Å². The van der Waals surface area contributed by atoms with Gasteiger partial charge in [0, 0.05) is 20.2 Å². The van der Waals surface area contributed by atoms with Crippen molar-refractivity contribution in [1.82, 2.24) is 4.90 Å². The molecule has 1 rings (SSSR count). The van der Waals surface area contributed by atoms with Gasteiger partial charge in [0.15, 0.2) is 0 Å². The molecule has 0 spiro atoms. The Morgan fingerprint density at radius 3 is 2.93 bits per heavy atom. The van der Waals surface area contributed by atoms with E-state index in [2.05, 4.69) is 11.8 Å². The van der Waals surface area contributed by atoms with Crippen molar-refractivity contribution in [2.75, 3.05) is 39.9 Å². The van der Waals surface area contributed by atoms with Gasteiger partial charge in [-0.3, -0.25) is 0 Å². The Morgan fingerprint density at radius 1 is 1.53 bits per heavy atom. The first kappa shape index (κ1) is 12.9. The molecule has 0 aromatic rings. The number of rotatable bonds is 6. The van der Waals surface area contributed by atoms with Gasteiger partial charge in [-0.2, -0.15) is 0 Å². The number of likely N-dealkylation sites (tertiary alicyclic amines) is 1. The molecule has 1 heterocycles. The third-order valence-corrected chi connectivity index (χ3v) is 3.43. The Labute approximate surface area is 94.0 Å². The predicted molar refractivity (Wildman–Crippen MR) is 63.9 cm³/mol. The third-order valence-electron chi connectivity index (χ3n) is 3.43. The molecular weight excluding hydrogens is 188 g/mol. The van der Waals surface area contributed by atoms with Crippen LogP contribution in [0, 0.1) is 11.8 Å². The number of hydrogen-bond donors (Lipinski definition) is 1. The van der Waals surface area contributed by atoms with Crippen molar-refractivity contribution in [3.8, 4) is 0 Å². The van der Waals surface area contributed by atoms with Crippen LogP contribution in [0.2, 0.25) is 0 Å². The summed E-state index contributed by atoms with van der Waals surface area (Å²) in [6, 6.07) is 0. The highest BCUT2D eigenvalue weighted by molar-refractivity contribution is 4.75. The van der Waals surface area contributed by atoms with Gasteiger partial charge >= 0.3 is 0 Å². The van der Waals surface area contributed by atoms with Crippen LogP contribution < -0.4 is 5.73 Å². The summed E-state index contributed by atoms with van der Waals surface area (Å²) in [6.07, 6.45) is 3.83. The van der Waals surface area contributed by atoms with Gasteiger partial charge < -0.3 is 15.4 Å². The second-order valence-corrected chi connectivity index (χ2v) is 4.73. The molecular formula is C12H26N2O. The second-order valence-electron chi connectivity index (χ2n) is 4.73. The van der Waals surface area contributed by atoms with Crippen molar-refractivity contribution >= 4 is 0 Å². The van der Waals surface area contributed by atoms with E-state index in [1.807, 2.05) is 0 Å². The fourth-order valence-corrected chi connectivity index (χ4v) is 2.42. The summed E-state index contributed by atoms with van der Waals surface area (Å²) in [5, 5.41) is 0. The number of nitrogens with zero attached hydrogens (tertiary/aromatic N) is 1. The fourth-order valence-electron chi connectivity index (χ4n) is 2.42. The molecule has 1 aliphatic heterocycles. The molecule has 2 atom stereocenters. The van der Waals surface area contributed by atoms with E-state index in [-0.39, 0.29) is 0 Å². The normalized spacial score (nSPS) is 25.4. The van der Waals surface area contributed by atoms with E-state index in [0.717, 1.165) is 19.1 Å². The summed E-state index contributed by atoms with van der Waals surface area (Å²) >= 11 is 0. The summed E-state index contributed by atoms with van der Waals surface area (Å²) in [4.78, 5) is 2.56. The van der Waals surface area contributed by atoms with Crippen molar-refractivity contribution in [3.63, 3.8) is 0 Å². The van der Waals surface area contributed by atoms with Gasteiger partial charge in [0.05, 0.1) is 6.61 Å². The minimum atomic E-state index is 0.672. The molecule has 0 bridgehead atoms. The zero-order chi connectivity index (χ0) is 11.1. The van der Waals surface area contributed by atoms with Crippen molar-refractivity contribution in [2.24, 2.45) is 17.6 Å². The minimum absolute atomic E-state index is 0.672. The van der Waals surface area contributed by atoms with Crippen LogP contribution >= 0.6 is 0 Å². The van der Waals surface area contributed by atoms with Gasteiger partial charge in [-0.05, 0) is 37.8 Å². The topological polar surface area (TPSA) is 38.5 Å². The fraction of sp³-hybridized carbons (Fsp3) is 1.00. The Bertz CT molecular complexity index is 158. The van der Waals surface area contributed by atoms with Gasteiger partial charge in [-0.1, -0.05) is 13.3 Å². The number of methoxy groups -OCH3 is 1. The maximum Gasteiger partial charge on any atom is 0.0502 e. The van der Waals surface area contributed by atoms with Crippen LogP contribution in [0.5, 0.6) is 0 Å². The minimum Gasteiger partial charge on any atom is -0.384 e. The van der Waals surface area contributed by atoms with Crippen molar-refractivity contribution in [3.05, 3.63) is 0 Å². The number of piperidine rings is 1. The largest absolute Gasteiger partial charge is 0.384 e. The molecule has 0 aromatic heterocycles. The van der Waals surface area contributed by atoms with Crippen LogP contribution in [0.25, 0.3) is 0 Å². The molecule has 2 N–H and O–H groups in total. The first-order valence-electron chi connectivity index (χ1n) is 6.21. The highest BCUT2D eigenvalue weighted by Gasteiger charge is 2.21. The Hall–Kier alpha value is -0.120. The SMILES string of the molecule is CCC(CN)CN1CCCC(COC)C1. The highest BCUT2D eigenvalue weighted by atomic mass is 16.5. The summed E-state index contributed by atoms with van der Waals surface area (Å²) in [5.74, 6) is 1.41. The van der Waals surface area contributed by atoms with E-state index in [1.165, 1.54) is 38.9 Å². The maximum absolute atomic E-state index is 5.74. The van der Waals surface area contributed by atoms with E-state index in [0.29, 0.717) is 5.92 Å². The first-order chi connectivity index (χ1) is 7.30. The van der Waals surface area contributed by atoms with Gasteiger partial charge in [-0.15, -0.1) is 0 Å². The molecule has 1 aliphatic rings. The zero-order valence-electron chi connectivity index (χ0n) is 10.2. The molecule has 90 valence electrons. The lowest BCUT2D eigenvalue weighted by molar-refractivity contribution is 0.0828. The van der Waals surface area contributed by atoms with E-state index >= 15 is 0 Å². The third kappa shape index (κ3) is 4.49. The molecule has 3 nitrogen and oxygen atoms in total. The lowest BCUT2D eigenvalue weighted by Gasteiger charge is -2.34. The monoisotopic (exact) mass is 214 g/mol. The molecule has 0 aromatic carbocycles. The quantitative estimate of drug-likeness (QED) is 0.725. The number of nitrogens with two attached hydrogens (primary N) is 1. The van der Waals surface area contributed by atoms with Crippen molar-refractivity contribution in [1.29, 1.82) is 0 Å². The summed E-state index contributed by atoms with van der Waals surface area (Å²) in [6.45, 7) is 7.58. The zero-order valence-corrected chi connectivity index (χ0v) is 10.2. The van der Waals surface area contributed by atoms with E-state index < -0.39 is 0 Å². The van der Waals surface area contributed by atoms with Crippen LogP contribution in [-0.4, -0.2) is 44.8 Å². The number of hydrogen-bond acceptors (Lipinski definition) is 3. The van der Waals surface area contributed by atoms with Gasteiger partial charge in [0.2, 0.25) is 0 Å². The second kappa shape index (κ2) is 7.20. The molecule has 2 unspecified atom stereocenters. The molecule has 0 saturated carbocycles. The average molecular weight is 214 g/mol. The van der Waals surface area contributed by atoms with Crippen LogP contribution in [0.4, 0.5) is 0 Å². The Balaban J connectivity index is 2.28. The Morgan fingerprint density at radius 2 is 2.33 bits per heavy atom. The lowest BCUT2D eigenvalue weighted by Crippen LogP contribution is -2.41.